The zero-order valence-electron chi connectivity index (χ0n) is 12.7. The van der Waals surface area contributed by atoms with Crippen LogP contribution in [0.3, 0.4) is 0 Å². The van der Waals surface area contributed by atoms with Crippen LogP contribution in [0.5, 0.6) is 0 Å². The van der Waals surface area contributed by atoms with Gasteiger partial charge in [-0.05, 0) is 26.0 Å². The van der Waals surface area contributed by atoms with Gasteiger partial charge < -0.3 is 14.9 Å². The Hall–Kier alpha value is -2.37. The van der Waals surface area contributed by atoms with Crippen LogP contribution < -0.4 is 0 Å². The fourth-order valence-corrected chi connectivity index (χ4v) is 1.64. The molecule has 6 nitrogen and oxygen atoms in total. The minimum atomic E-state index is -1.33. The summed E-state index contributed by atoms with van der Waals surface area (Å²) < 4.78 is 0. The van der Waals surface area contributed by atoms with Crippen molar-refractivity contribution in [1.29, 1.82) is 0 Å². The molecule has 0 bridgehead atoms. The summed E-state index contributed by atoms with van der Waals surface area (Å²) in [5.74, 6) is -1.82. The number of amides is 2. The molecular weight excluding hydrogens is 272 g/mol. The Morgan fingerprint density at radius 2 is 1.62 bits per heavy atom. The van der Waals surface area contributed by atoms with Gasteiger partial charge in [-0.3, -0.25) is 9.59 Å². The maximum Gasteiger partial charge on any atom is 0.329 e. The number of carboxylic acid groups (broad SMARTS) is 1. The SMILES string of the molecule is CN(CC(=O)N(C)C(C)(C)C(=O)O)C(=O)c1ccccc1. The average Bonchev–Trinajstić information content (AvgIpc) is 2.46. The van der Waals surface area contributed by atoms with Gasteiger partial charge >= 0.3 is 5.97 Å². The van der Waals surface area contributed by atoms with Gasteiger partial charge in [-0.25, -0.2) is 4.79 Å². The zero-order valence-corrected chi connectivity index (χ0v) is 12.7. The van der Waals surface area contributed by atoms with Crippen LogP contribution in [0.25, 0.3) is 0 Å². The molecular formula is C15H20N2O4. The molecule has 114 valence electrons. The van der Waals surface area contributed by atoms with Gasteiger partial charge in [0.25, 0.3) is 5.91 Å². The molecule has 0 aliphatic heterocycles. The van der Waals surface area contributed by atoms with Gasteiger partial charge in [0.05, 0.1) is 6.54 Å². The van der Waals surface area contributed by atoms with E-state index < -0.39 is 17.4 Å². The molecule has 0 spiro atoms. The minimum Gasteiger partial charge on any atom is -0.480 e. The molecule has 0 aliphatic carbocycles. The highest BCUT2D eigenvalue weighted by molar-refractivity contribution is 5.96. The first-order chi connectivity index (χ1) is 9.67. The van der Waals surface area contributed by atoms with Gasteiger partial charge in [-0.1, -0.05) is 18.2 Å². The van der Waals surface area contributed by atoms with Crippen molar-refractivity contribution < 1.29 is 19.5 Å². The van der Waals surface area contributed by atoms with Crippen LogP contribution in [-0.2, 0) is 9.59 Å². The van der Waals surface area contributed by atoms with Crippen LogP contribution in [0.15, 0.2) is 30.3 Å². The Morgan fingerprint density at radius 1 is 1.10 bits per heavy atom. The van der Waals surface area contributed by atoms with Crippen molar-refractivity contribution in [3.8, 4) is 0 Å². The van der Waals surface area contributed by atoms with Crippen molar-refractivity contribution in [2.24, 2.45) is 0 Å². The largest absolute Gasteiger partial charge is 0.480 e. The molecule has 0 fully saturated rings. The van der Waals surface area contributed by atoms with Crippen molar-refractivity contribution in [3.05, 3.63) is 35.9 Å². The van der Waals surface area contributed by atoms with E-state index in [9.17, 15) is 14.4 Å². The Balaban J connectivity index is 2.75. The van der Waals surface area contributed by atoms with E-state index >= 15 is 0 Å². The van der Waals surface area contributed by atoms with Gasteiger partial charge in [-0.2, -0.15) is 0 Å². The second kappa shape index (κ2) is 6.39. The van der Waals surface area contributed by atoms with E-state index in [4.69, 9.17) is 5.11 Å². The molecule has 1 N–H and O–H groups in total. The van der Waals surface area contributed by atoms with Gasteiger partial charge in [-0.15, -0.1) is 0 Å². The molecule has 0 heterocycles. The molecule has 0 saturated carbocycles. The first-order valence-corrected chi connectivity index (χ1v) is 6.48. The summed E-state index contributed by atoms with van der Waals surface area (Å²) in [6, 6.07) is 8.60. The van der Waals surface area contributed by atoms with Crippen molar-refractivity contribution >= 4 is 17.8 Å². The second-order valence-corrected chi connectivity index (χ2v) is 5.34. The zero-order chi connectivity index (χ0) is 16.2. The lowest BCUT2D eigenvalue weighted by atomic mass is 10.0. The highest BCUT2D eigenvalue weighted by Gasteiger charge is 2.35. The van der Waals surface area contributed by atoms with E-state index in [1.807, 2.05) is 0 Å². The van der Waals surface area contributed by atoms with Crippen molar-refractivity contribution in [2.45, 2.75) is 19.4 Å². The Kier molecular flexibility index (Phi) is 5.07. The normalized spacial score (nSPS) is 10.9. The number of aliphatic carboxylic acids is 1. The Morgan fingerprint density at radius 3 is 2.10 bits per heavy atom. The van der Waals surface area contributed by atoms with E-state index in [-0.39, 0.29) is 12.5 Å². The van der Waals surface area contributed by atoms with E-state index in [1.54, 1.807) is 30.3 Å². The molecule has 0 aromatic heterocycles. The van der Waals surface area contributed by atoms with Crippen LogP contribution in [0.4, 0.5) is 0 Å². The first kappa shape index (κ1) is 16.7. The third kappa shape index (κ3) is 3.81. The van der Waals surface area contributed by atoms with Crippen molar-refractivity contribution in [3.63, 3.8) is 0 Å². The first-order valence-electron chi connectivity index (χ1n) is 6.48. The van der Waals surface area contributed by atoms with E-state index in [0.29, 0.717) is 5.56 Å². The predicted octanol–water partition coefficient (Wildman–Crippen LogP) is 1.08. The molecule has 1 aromatic rings. The van der Waals surface area contributed by atoms with Gasteiger partial charge in [0, 0.05) is 19.7 Å². The molecule has 6 heteroatoms. The van der Waals surface area contributed by atoms with Crippen LogP contribution in [0.1, 0.15) is 24.2 Å². The smallest absolute Gasteiger partial charge is 0.329 e. The summed E-state index contributed by atoms with van der Waals surface area (Å²) in [6.07, 6.45) is 0. The lowest BCUT2D eigenvalue weighted by Crippen LogP contribution is -2.53. The quantitative estimate of drug-likeness (QED) is 0.881. The third-order valence-electron chi connectivity index (χ3n) is 3.48. The van der Waals surface area contributed by atoms with Gasteiger partial charge in [0.2, 0.25) is 5.91 Å². The maximum absolute atomic E-state index is 12.1. The fourth-order valence-electron chi connectivity index (χ4n) is 1.64. The lowest BCUT2D eigenvalue weighted by molar-refractivity contribution is -0.155. The number of carbonyl (C=O) groups is 3. The lowest BCUT2D eigenvalue weighted by Gasteiger charge is -2.32. The topological polar surface area (TPSA) is 77.9 Å². The molecule has 0 saturated heterocycles. The van der Waals surface area contributed by atoms with Crippen LogP contribution >= 0.6 is 0 Å². The standard InChI is InChI=1S/C15H20N2O4/c1-15(2,14(20)21)17(4)12(18)10-16(3)13(19)11-8-6-5-7-9-11/h5-9H,10H2,1-4H3,(H,20,21). The number of hydrogen-bond donors (Lipinski definition) is 1. The van der Waals surface area contributed by atoms with E-state index in [2.05, 4.69) is 0 Å². The van der Waals surface area contributed by atoms with E-state index in [1.165, 1.54) is 32.8 Å². The van der Waals surface area contributed by atoms with Crippen LogP contribution in [0, 0.1) is 0 Å². The minimum absolute atomic E-state index is 0.180. The summed E-state index contributed by atoms with van der Waals surface area (Å²) in [5, 5.41) is 9.11. The number of likely N-dealkylation sites (N-methyl/N-ethyl adjacent to an activating group) is 2. The number of rotatable bonds is 5. The summed E-state index contributed by atoms with van der Waals surface area (Å²) >= 11 is 0. The Bertz CT molecular complexity index is 540. The number of hydrogen-bond acceptors (Lipinski definition) is 3. The second-order valence-electron chi connectivity index (χ2n) is 5.34. The monoisotopic (exact) mass is 292 g/mol. The number of nitrogens with zero attached hydrogens (tertiary/aromatic N) is 2. The highest BCUT2D eigenvalue weighted by atomic mass is 16.4. The average molecular weight is 292 g/mol. The summed E-state index contributed by atoms with van der Waals surface area (Å²) in [4.78, 5) is 37.8. The third-order valence-corrected chi connectivity index (χ3v) is 3.48. The molecule has 2 amide bonds. The van der Waals surface area contributed by atoms with Crippen LogP contribution in [-0.4, -0.2) is 58.9 Å². The van der Waals surface area contributed by atoms with E-state index in [0.717, 1.165) is 4.90 Å². The van der Waals surface area contributed by atoms with Gasteiger partial charge in [0.15, 0.2) is 0 Å². The Labute approximate surface area is 124 Å². The maximum atomic E-state index is 12.1. The fraction of sp³-hybridized carbons (Fsp3) is 0.400. The number of benzene rings is 1. The van der Waals surface area contributed by atoms with Crippen molar-refractivity contribution in [2.75, 3.05) is 20.6 Å². The molecule has 0 radical (unpaired) electrons. The highest BCUT2D eigenvalue weighted by Crippen LogP contribution is 2.13. The molecule has 21 heavy (non-hydrogen) atoms. The summed E-state index contributed by atoms with van der Waals surface area (Å²) in [5.41, 5.74) is -0.846. The molecule has 1 aromatic carbocycles. The summed E-state index contributed by atoms with van der Waals surface area (Å²) in [7, 11) is 2.92. The van der Waals surface area contributed by atoms with Gasteiger partial charge in [0.1, 0.15) is 5.54 Å². The van der Waals surface area contributed by atoms with Crippen molar-refractivity contribution in [1.82, 2.24) is 9.80 Å². The number of carboxylic acids is 1. The molecule has 0 aliphatic rings. The predicted molar refractivity (Wildman–Crippen MR) is 77.9 cm³/mol. The summed E-state index contributed by atoms with van der Waals surface area (Å²) in [6.45, 7) is 2.69. The number of carbonyl (C=O) groups excluding carboxylic acids is 2. The molecule has 1 rings (SSSR count). The van der Waals surface area contributed by atoms with Crippen LogP contribution in [0.2, 0.25) is 0 Å². The molecule has 0 atom stereocenters. The molecule has 0 unspecified atom stereocenters.